The van der Waals surface area contributed by atoms with E-state index in [9.17, 15) is 14.3 Å². The van der Waals surface area contributed by atoms with Gasteiger partial charge in [-0.1, -0.05) is 12.1 Å². The van der Waals surface area contributed by atoms with Gasteiger partial charge in [0, 0.05) is 15.8 Å². The zero-order valence-electron chi connectivity index (χ0n) is 11.0. The molecule has 0 aliphatic carbocycles. The molecule has 0 spiro atoms. The number of benzene rings is 2. The predicted octanol–water partition coefficient (Wildman–Crippen LogP) is 3.29. The second kappa shape index (κ2) is 7.37. The lowest BCUT2D eigenvalue weighted by atomic mass is 10.1. The summed E-state index contributed by atoms with van der Waals surface area (Å²) < 4.78 is 14.1. The summed E-state index contributed by atoms with van der Waals surface area (Å²) in [6, 6.07) is 12.5. The molecular formula is C15H14FIN2O2. The molecule has 2 amide bonds. The van der Waals surface area contributed by atoms with Crippen molar-refractivity contribution in [3.63, 3.8) is 0 Å². The Hall–Kier alpha value is -1.67. The van der Waals surface area contributed by atoms with Gasteiger partial charge >= 0.3 is 6.03 Å². The summed E-state index contributed by atoms with van der Waals surface area (Å²) >= 11 is 2.17. The van der Waals surface area contributed by atoms with Gasteiger partial charge in [-0.25, -0.2) is 9.18 Å². The Morgan fingerprint density at radius 1 is 1.24 bits per heavy atom. The average Bonchev–Trinajstić information content (AvgIpc) is 2.47. The Morgan fingerprint density at radius 2 is 1.95 bits per heavy atom. The molecule has 1 atom stereocenters. The molecule has 2 aromatic carbocycles. The normalized spacial score (nSPS) is 11.8. The molecule has 0 saturated heterocycles. The standard InChI is InChI=1S/C15H14FIN2O2/c16-11-3-1-2-10(8-11)14(20)9-18-15(21)19-13-6-4-12(17)5-7-13/h1-8,14,20H,9H2,(H2,18,19,21). The fourth-order valence-corrected chi connectivity index (χ4v) is 2.09. The van der Waals surface area contributed by atoms with Crippen molar-refractivity contribution in [2.75, 3.05) is 11.9 Å². The Labute approximate surface area is 135 Å². The maximum Gasteiger partial charge on any atom is 0.319 e. The molecule has 2 aromatic rings. The zero-order chi connectivity index (χ0) is 15.2. The summed E-state index contributed by atoms with van der Waals surface area (Å²) in [5.41, 5.74) is 1.08. The van der Waals surface area contributed by atoms with Crippen LogP contribution in [0.1, 0.15) is 11.7 Å². The van der Waals surface area contributed by atoms with E-state index in [4.69, 9.17) is 0 Å². The molecule has 21 heavy (non-hydrogen) atoms. The second-order valence-corrected chi connectivity index (χ2v) is 5.66. The van der Waals surface area contributed by atoms with E-state index in [2.05, 4.69) is 33.2 Å². The van der Waals surface area contributed by atoms with Crippen molar-refractivity contribution < 1.29 is 14.3 Å². The second-order valence-electron chi connectivity index (χ2n) is 4.41. The van der Waals surface area contributed by atoms with Crippen LogP contribution in [0.5, 0.6) is 0 Å². The molecule has 0 fully saturated rings. The summed E-state index contributed by atoms with van der Waals surface area (Å²) in [5.74, 6) is -0.421. The number of amides is 2. The van der Waals surface area contributed by atoms with E-state index in [0.717, 1.165) is 3.57 Å². The van der Waals surface area contributed by atoms with Crippen LogP contribution in [-0.2, 0) is 0 Å². The van der Waals surface area contributed by atoms with Gasteiger partial charge in [0.2, 0.25) is 0 Å². The lowest BCUT2D eigenvalue weighted by Gasteiger charge is -2.13. The minimum Gasteiger partial charge on any atom is -0.387 e. The van der Waals surface area contributed by atoms with Crippen molar-refractivity contribution in [3.05, 3.63) is 63.5 Å². The fraction of sp³-hybridized carbons (Fsp3) is 0.133. The van der Waals surface area contributed by atoms with Gasteiger partial charge in [0.05, 0.1) is 6.10 Å². The molecule has 0 bridgehead atoms. The highest BCUT2D eigenvalue weighted by Gasteiger charge is 2.10. The number of anilines is 1. The molecule has 0 heterocycles. The van der Waals surface area contributed by atoms with Crippen LogP contribution in [0.25, 0.3) is 0 Å². The van der Waals surface area contributed by atoms with E-state index in [1.54, 1.807) is 18.2 Å². The molecule has 0 aliphatic heterocycles. The maximum absolute atomic E-state index is 13.0. The van der Waals surface area contributed by atoms with Crippen LogP contribution in [0.2, 0.25) is 0 Å². The number of carbonyl (C=O) groups is 1. The lowest BCUT2D eigenvalue weighted by molar-refractivity contribution is 0.174. The van der Waals surface area contributed by atoms with E-state index in [1.807, 2.05) is 12.1 Å². The van der Waals surface area contributed by atoms with Gasteiger partial charge in [-0.05, 0) is 64.6 Å². The van der Waals surface area contributed by atoms with Gasteiger partial charge in [-0.3, -0.25) is 0 Å². The van der Waals surface area contributed by atoms with Gasteiger partial charge < -0.3 is 15.7 Å². The average molecular weight is 400 g/mol. The molecule has 0 aliphatic rings. The highest BCUT2D eigenvalue weighted by Crippen LogP contribution is 2.13. The van der Waals surface area contributed by atoms with Crippen molar-refractivity contribution in [3.8, 4) is 0 Å². The molecule has 2 rings (SSSR count). The third-order valence-corrected chi connectivity index (χ3v) is 3.51. The van der Waals surface area contributed by atoms with E-state index in [0.29, 0.717) is 11.3 Å². The minimum atomic E-state index is -0.955. The van der Waals surface area contributed by atoms with Crippen molar-refractivity contribution in [2.24, 2.45) is 0 Å². The first kappa shape index (κ1) is 15.7. The number of carbonyl (C=O) groups excluding carboxylic acids is 1. The van der Waals surface area contributed by atoms with Crippen LogP contribution >= 0.6 is 22.6 Å². The van der Waals surface area contributed by atoms with Gasteiger partial charge in [0.1, 0.15) is 5.82 Å². The van der Waals surface area contributed by atoms with Crippen LogP contribution in [-0.4, -0.2) is 17.7 Å². The van der Waals surface area contributed by atoms with Crippen molar-refractivity contribution in [2.45, 2.75) is 6.10 Å². The summed E-state index contributed by atoms with van der Waals surface area (Å²) in [7, 11) is 0. The number of hydrogen-bond donors (Lipinski definition) is 3. The number of urea groups is 1. The minimum absolute atomic E-state index is 0.000343. The summed E-state index contributed by atoms with van der Waals surface area (Å²) in [6.45, 7) is -0.000343. The third kappa shape index (κ3) is 4.98. The molecule has 3 N–H and O–H groups in total. The number of aliphatic hydroxyl groups excluding tert-OH is 1. The zero-order valence-corrected chi connectivity index (χ0v) is 13.2. The molecule has 1 unspecified atom stereocenters. The number of nitrogens with one attached hydrogen (secondary N) is 2. The van der Waals surface area contributed by atoms with Gasteiger partial charge in [0.15, 0.2) is 0 Å². The molecule has 6 heteroatoms. The first-order valence-corrected chi connectivity index (χ1v) is 7.36. The highest BCUT2D eigenvalue weighted by atomic mass is 127. The van der Waals surface area contributed by atoms with E-state index < -0.39 is 18.0 Å². The largest absolute Gasteiger partial charge is 0.387 e. The van der Waals surface area contributed by atoms with E-state index in [1.165, 1.54) is 18.2 Å². The van der Waals surface area contributed by atoms with Crippen molar-refractivity contribution >= 4 is 34.3 Å². The van der Waals surface area contributed by atoms with Crippen LogP contribution in [0, 0.1) is 9.39 Å². The van der Waals surface area contributed by atoms with Crippen LogP contribution in [0.15, 0.2) is 48.5 Å². The summed E-state index contributed by atoms with van der Waals surface area (Å²) in [6.07, 6.45) is -0.955. The highest BCUT2D eigenvalue weighted by molar-refractivity contribution is 14.1. The molecule has 4 nitrogen and oxygen atoms in total. The molecule has 110 valence electrons. The first-order valence-electron chi connectivity index (χ1n) is 6.28. The van der Waals surface area contributed by atoms with Crippen LogP contribution in [0.4, 0.5) is 14.9 Å². The third-order valence-electron chi connectivity index (χ3n) is 2.79. The number of hydrogen-bond acceptors (Lipinski definition) is 2. The first-order chi connectivity index (χ1) is 10.0. The van der Waals surface area contributed by atoms with Crippen molar-refractivity contribution in [1.82, 2.24) is 5.32 Å². The van der Waals surface area contributed by atoms with E-state index in [-0.39, 0.29) is 6.54 Å². The quantitative estimate of drug-likeness (QED) is 0.690. The molecule has 0 aromatic heterocycles. The summed E-state index contributed by atoms with van der Waals surface area (Å²) in [5, 5.41) is 15.1. The summed E-state index contributed by atoms with van der Waals surface area (Å²) in [4.78, 5) is 11.7. The van der Waals surface area contributed by atoms with Crippen LogP contribution < -0.4 is 10.6 Å². The topological polar surface area (TPSA) is 61.4 Å². The lowest BCUT2D eigenvalue weighted by Crippen LogP contribution is -2.32. The van der Waals surface area contributed by atoms with Gasteiger partial charge in [0.25, 0.3) is 0 Å². The Bertz CT molecular complexity index is 619. The van der Waals surface area contributed by atoms with Gasteiger partial charge in [-0.2, -0.15) is 0 Å². The number of rotatable bonds is 4. The SMILES string of the molecule is O=C(NCC(O)c1cccc(F)c1)Nc1ccc(I)cc1. The monoisotopic (exact) mass is 400 g/mol. The van der Waals surface area contributed by atoms with E-state index >= 15 is 0 Å². The predicted molar refractivity (Wildman–Crippen MR) is 87.5 cm³/mol. The maximum atomic E-state index is 13.0. The Kier molecular flexibility index (Phi) is 5.51. The Morgan fingerprint density at radius 3 is 2.62 bits per heavy atom. The molecule has 0 saturated carbocycles. The fourth-order valence-electron chi connectivity index (χ4n) is 1.73. The van der Waals surface area contributed by atoms with Gasteiger partial charge in [-0.15, -0.1) is 0 Å². The Balaban J connectivity index is 1.84. The smallest absolute Gasteiger partial charge is 0.319 e. The van der Waals surface area contributed by atoms with Crippen LogP contribution in [0.3, 0.4) is 0 Å². The molecular weight excluding hydrogens is 386 g/mol. The van der Waals surface area contributed by atoms with Crippen molar-refractivity contribution in [1.29, 1.82) is 0 Å². The number of halogens is 2. The number of aliphatic hydroxyl groups is 1. The molecule has 0 radical (unpaired) electrons.